The van der Waals surface area contributed by atoms with Crippen molar-refractivity contribution in [2.75, 3.05) is 6.54 Å². The van der Waals surface area contributed by atoms with Gasteiger partial charge in [0.2, 0.25) is 10.0 Å². The average Bonchev–Trinajstić information content (AvgIpc) is 2.98. The minimum atomic E-state index is -3.55. The molecule has 2 atom stereocenters. The first-order valence-electron chi connectivity index (χ1n) is 8.07. The molecule has 2 aromatic carbocycles. The molecule has 1 aliphatic rings. The minimum absolute atomic E-state index is 0.0484. The normalized spacial score (nSPS) is 21.8. The minimum Gasteiger partial charge on any atom is -0.295 e. The molecule has 126 valence electrons. The van der Waals surface area contributed by atoms with Gasteiger partial charge in [0.1, 0.15) is 0 Å². The number of hydrogen-bond acceptors (Lipinski definition) is 3. The molecule has 0 saturated carbocycles. The van der Waals surface area contributed by atoms with Crippen LogP contribution < -0.4 is 0 Å². The lowest BCUT2D eigenvalue weighted by Gasteiger charge is -2.21. The molecular weight excluding hydrogens is 322 g/mol. The van der Waals surface area contributed by atoms with Crippen molar-refractivity contribution < 1.29 is 13.2 Å². The maximum absolute atomic E-state index is 12.9. The fourth-order valence-electron chi connectivity index (χ4n) is 3.30. The molecule has 0 amide bonds. The zero-order valence-electron chi connectivity index (χ0n) is 13.8. The van der Waals surface area contributed by atoms with Crippen LogP contribution in [-0.4, -0.2) is 31.1 Å². The van der Waals surface area contributed by atoms with Gasteiger partial charge in [-0.05, 0) is 43.9 Å². The molecule has 2 aromatic rings. The van der Waals surface area contributed by atoms with Crippen molar-refractivity contribution in [3.63, 3.8) is 0 Å². The van der Waals surface area contributed by atoms with Gasteiger partial charge >= 0.3 is 0 Å². The van der Waals surface area contributed by atoms with E-state index in [0.29, 0.717) is 12.1 Å². The third-order valence-electron chi connectivity index (χ3n) is 4.66. The summed E-state index contributed by atoms with van der Waals surface area (Å²) < 4.78 is 27.5. The van der Waals surface area contributed by atoms with Gasteiger partial charge in [-0.3, -0.25) is 4.79 Å². The van der Waals surface area contributed by atoms with Gasteiger partial charge in [-0.1, -0.05) is 42.5 Å². The Morgan fingerprint density at radius 3 is 2.25 bits per heavy atom. The Labute approximate surface area is 143 Å². The van der Waals surface area contributed by atoms with Crippen LogP contribution in [0.3, 0.4) is 0 Å². The van der Waals surface area contributed by atoms with Gasteiger partial charge < -0.3 is 0 Å². The monoisotopic (exact) mass is 343 g/mol. The second-order valence-electron chi connectivity index (χ2n) is 6.35. The molecule has 1 fully saturated rings. The summed E-state index contributed by atoms with van der Waals surface area (Å²) in [5.41, 5.74) is 1.69. The van der Waals surface area contributed by atoms with Gasteiger partial charge in [-0.2, -0.15) is 4.31 Å². The Morgan fingerprint density at radius 1 is 1.04 bits per heavy atom. The van der Waals surface area contributed by atoms with Crippen molar-refractivity contribution in [3.8, 4) is 0 Å². The maximum Gasteiger partial charge on any atom is 0.243 e. The van der Waals surface area contributed by atoms with E-state index in [4.69, 9.17) is 0 Å². The number of ketones is 1. The van der Waals surface area contributed by atoms with E-state index in [9.17, 15) is 13.2 Å². The molecule has 1 aliphatic heterocycles. The van der Waals surface area contributed by atoms with Crippen LogP contribution in [0.2, 0.25) is 0 Å². The fraction of sp³-hybridized carbons (Fsp3) is 0.316. The predicted molar refractivity (Wildman–Crippen MR) is 93.6 cm³/mol. The van der Waals surface area contributed by atoms with Gasteiger partial charge in [0.25, 0.3) is 0 Å². The molecule has 1 saturated heterocycles. The van der Waals surface area contributed by atoms with Crippen LogP contribution in [0.15, 0.2) is 59.5 Å². The molecule has 0 bridgehead atoms. The van der Waals surface area contributed by atoms with Crippen LogP contribution in [-0.2, 0) is 10.0 Å². The summed E-state index contributed by atoms with van der Waals surface area (Å²) in [5, 5.41) is 0. The van der Waals surface area contributed by atoms with Crippen molar-refractivity contribution in [2.24, 2.45) is 0 Å². The second kappa shape index (κ2) is 6.49. The van der Waals surface area contributed by atoms with Crippen molar-refractivity contribution in [1.82, 2.24) is 4.31 Å². The summed E-state index contributed by atoms with van der Waals surface area (Å²) in [6.07, 6.45) is 0.814. The van der Waals surface area contributed by atoms with Crippen LogP contribution in [0, 0.1) is 0 Å². The predicted octanol–water partition coefficient (Wildman–Crippen LogP) is 3.46. The molecule has 1 heterocycles. The van der Waals surface area contributed by atoms with Gasteiger partial charge in [-0.25, -0.2) is 8.42 Å². The summed E-state index contributed by atoms with van der Waals surface area (Å²) in [7, 11) is -3.55. The lowest BCUT2D eigenvalue weighted by Crippen LogP contribution is -2.34. The molecule has 0 N–H and O–H groups in total. The molecule has 3 rings (SSSR count). The summed E-state index contributed by atoms with van der Waals surface area (Å²) in [6, 6.07) is 16.2. The molecule has 2 unspecified atom stereocenters. The number of Topliss-reactive ketones (excluding diaryl/α,β-unsaturated/α-hetero) is 1. The van der Waals surface area contributed by atoms with E-state index in [0.717, 1.165) is 6.42 Å². The summed E-state index contributed by atoms with van der Waals surface area (Å²) >= 11 is 0. The summed E-state index contributed by atoms with van der Waals surface area (Å²) in [4.78, 5) is 11.6. The Hall–Kier alpha value is -1.98. The van der Waals surface area contributed by atoms with Gasteiger partial charge in [0.15, 0.2) is 5.78 Å². The van der Waals surface area contributed by atoms with E-state index in [1.54, 1.807) is 16.4 Å². The van der Waals surface area contributed by atoms with Crippen LogP contribution >= 0.6 is 0 Å². The van der Waals surface area contributed by atoms with Crippen LogP contribution in [0.1, 0.15) is 42.1 Å². The number of benzene rings is 2. The fourth-order valence-corrected chi connectivity index (χ4v) is 4.99. The van der Waals surface area contributed by atoms with E-state index in [-0.39, 0.29) is 22.6 Å². The number of rotatable bonds is 4. The topological polar surface area (TPSA) is 54.5 Å². The first-order valence-corrected chi connectivity index (χ1v) is 9.51. The Kier molecular flexibility index (Phi) is 4.56. The average molecular weight is 343 g/mol. The Bertz CT molecular complexity index is 829. The highest BCUT2D eigenvalue weighted by molar-refractivity contribution is 7.89. The molecule has 4 nitrogen and oxygen atoms in total. The van der Waals surface area contributed by atoms with Crippen LogP contribution in [0.5, 0.6) is 0 Å². The van der Waals surface area contributed by atoms with E-state index in [1.807, 2.05) is 25.1 Å². The number of hydrogen-bond donors (Lipinski definition) is 0. The number of nitrogens with zero attached hydrogens (tertiary/aromatic N) is 1. The van der Waals surface area contributed by atoms with Gasteiger partial charge in [0, 0.05) is 18.2 Å². The zero-order valence-corrected chi connectivity index (χ0v) is 14.7. The van der Waals surface area contributed by atoms with Crippen molar-refractivity contribution >= 4 is 15.8 Å². The van der Waals surface area contributed by atoms with Crippen molar-refractivity contribution in [1.29, 1.82) is 0 Å². The lowest BCUT2D eigenvalue weighted by molar-refractivity contribution is 0.101. The summed E-state index contributed by atoms with van der Waals surface area (Å²) in [6.45, 7) is 3.91. The highest BCUT2D eigenvalue weighted by atomic mass is 32.2. The zero-order chi connectivity index (χ0) is 17.3. The highest BCUT2D eigenvalue weighted by Gasteiger charge is 2.38. The molecule has 0 spiro atoms. The van der Waals surface area contributed by atoms with Crippen LogP contribution in [0.25, 0.3) is 0 Å². The second-order valence-corrected chi connectivity index (χ2v) is 8.24. The molecule has 0 radical (unpaired) electrons. The van der Waals surface area contributed by atoms with Crippen molar-refractivity contribution in [3.05, 3.63) is 65.7 Å². The molecule has 24 heavy (non-hydrogen) atoms. The van der Waals surface area contributed by atoms with Crippen LogP contribution in [0.4, 0.5) is 0 Å². The first kappa shape index (κ1) is 16.9. The van der Waals surface area contributed by atoms with E-state index >= 15 is 0 Å². The van der Waals surface area contributed by atoms with Crippen molar-refractivity contribution in [2.45, 2.75) is 37.1 Å². The standard InChI is InChI=1S/C19H21NO3S/c1-14-12-18(17-6-4-3-5-7-17)13-20(14)24(22,23)19-10-8-16(9-11-19)15(2)21/h3-11,14,18H,12-13H2,1-2H3. The Balaban J connectivity index is 1.86. The van der Waals surface area contributed by atoms with Gasteiger partial charge in [-0.15, -0.1) is 0 Å². The van der Waals surface area contributed by atoms with E-state index in [1.165, 1.54) is 24.6 Å². The molecular formula is C19H21NO3S. The first-order chi connectivity index (χ1) is 11.4. The number of carbonyl (C=O) groups excluding carboxylic acids is 1. The van der Waals surface area contributed by atoms with Gasteiger partial charge in [0.05, 0.1) is 4.90 Å². The third-order valence-corrected chi connectivity index (χ3v) is 6.65. The smallest absolute Gasteiger partial charge is 0.243 e. The largest absolute Gasteiger partial charge is 0.295 e. The maximum atomic E-state index is 12.9. The molecule has 0 aliphatic carbocycles. The highest BCUT2D eigenvalue weighted by Crippen LogP contribution is 2.35. The Morgan fingerprint density at radius 2 is 1.67 bits per heavy atom. The molecule has 5 heteroatoms. The molecule has 0 aromatic heterocycles. The number of carbonyl (C=O) groups is 1. The van der Waals surface area contributed by atoms with E-state index in [2.05, 4.69) is 12.1 Å². The van der Waals surface area contributed by atoms with E-state index < -0.39 is 10.0 Å². The lowest BCUT2D eigenvalue weighted by atomic mass is 9.97. The number of sulfonamides is 1. The third kappa shape index (κ3) is 3.14. The summed E-state index contributed by atoms with van der Waals surface area (Å²) in [5.74, 6) is 0.144. The quantitative estimate of drug-likeness (QED) is 0.799. The SMILES string of the molecule is CC(=O)c1ccc(S(=O)(=O)N2CC(c3ccccc3)CC2C)cc1.